The molecule has 1 heterocycles. The van der Waals surface area contributed by atoms with E-state index in [4.69, 9.17) is 11.6 Å². The quantitative estimate of drug-likeness (QED) is 0.322. The van der Waals surface area contributed by atoms with Crippen molar-refractivity contribution in [2.75, 3.05) is 49.6 Å². The predicted octanol–water partition coefficient (Wildman–Crippen LogP) is 6.32. The Bertz CT molecular complexity index is 1500. The molecule has 3 aromatic carbocycles. The fourth-order valence-corrected chi connectivity index (χ4v) is 6.14. The summed E-state index contributed by atoms with van der Waals surface area (Å²) >= 11 is 6.41. The van der Waals surface area contributed by atoms with E-state index < -0.39 is 5.97 Å². The molecular formula is C34H36ClN3O3. The number of carboxylic acid groups (broad SMARTS) is 1. The highest BCUT2D eigenvalue weighted by atomic mass is 35.5. The van der Waals surface area contributed by atoms with Crippen LogP contribution in [0.3, 0.4) is 0 Å². The second-order valence-corrected chi connectivity index (χ2v) is 11.1. The van der Waals surface area contributed by atoms with Crippen molar-refractivity contribution in [1.29, 1.82) is 0 Å². The molecule has 1 aliphatic heterocycles. The van der Waals surface area contributed by atoms with E-state index in [2.05, 4.69) is 47.6 Å². The van der Waals surface area contributed by atoms with Crippen molar-refractivity contribution in [3.8, 4) is 0 Å². The van der Waals surface area contributed by atoms with Crippen LogP contribution in [0.25, 0.3) is 5.57 Å². The Morgan fingerprint density at radius 3 is 2.34 bits per heavy atom. The lowest BCUT2D eigenvalue weighted by atomic mass is 9.80. The van der Waals surface area contributed by atoms with E-state index in [1.807, 2.05) is 24.3 Å². The van der Waals surface area contributed by atoms with Gasteiger partial charge >= 0.3 is 5.97 Å². The van der Waals surface area contributed by atoms with Gasteiger partial charge in [0.05, 0.1) is 5.56 Å². The monoisotopic (exact) mass is 569 g/mol. The second-order valence-electron chi connectivity index (χ2n) is 10.7. The molecule has 41 heavy (non-hydrogen) atoms. The molecule has 7 heteroatoms. The smallest absolute Gasteiger partial charge is 0.335 e. The molecule has 1 N–H and O–H groups in total. The molecule has 0 saturated carbocycles. The number of hydrogen-bond donors (Lipinski definition) is 1. The zero-order valence-electron chi connectivity index (χ0n) is 23.7. The van der Waals surface area contributed by atoms with Gasteiger partial charge in [-0.3, -0.25) is 9.69 Å². The summed E-state index contributed by atoms with van der Waals surface area (Å²) in [5.74, 6) is -1.03. The minimum atomic E-state index is -0.903. The van der Waals surface area contributed by atoms with Crippen molar-refractivity contribution in [2.24, 2.45) is 0 Å². The number of hydrogen-bond acceptors (Lipinski definition) is 4. The third-order valence-electron chi connectivity index (χ3n) is 8.28. The Hall–Kier alpha value is -3.87. The number of amides is 1. The number of fused-ring (bicyclic) bond motifs is 1. The third kappa shape index (κ3) is 6.09. The summed E-state index contributed by atoms with van der Waals surface area (Å²) in [6.45, 7) is 10.3. The molecule has 0 unspecified atom stereocenters. The number of halogens is 1. The minimum Gasteiger partial charge on any atom is -0.478 e. The lowest BCUT2D eigenvalue weighted by molar-refractivity contribution is -0.113. The summed E-state index contributed by atoms with van der Waals surface area (Å²) in [5.41, 5.74) is 9.89. The molecule has 0 radical (unpaired) electrons. The molecule has 5 rings (SSSR count). The Morgan fingerprint density at radius 1 is 0.976 bits per heavy atom. The van der Waals surface area contributed by atoms with Crippen LogP contribution in [-0.2, 0) is 17.6 Å². The Labute approximate surface area is 247 Å². The number of carboxylic acids is 1. The standard InChI is InChI=1S/C34H36ClN3O3/c1-4-23-20-27(35)10-14-30(23)33-26(7-6-25-21-29(13-15-31(25)33)36(3)32(39)5-2)22-37-16-18-38(19-17-37)28-11-8-24(9-12-28)34(40)41/h5,8-15,20-21H,2,4,6-7,16-19,22H2,1,3H3,(H,40,41). The maximum absolute atomic E-state index is 12.3. The van der Waals surface area contributed by atoms with Crippen LogP contribution in [0.5, 0.6) is 0 Å². The molecule has 3 aromatic rings. The van der Waals surface area contributed by atoms with Crippen LogP contribution >= 0.6 is 11.6 Å². The number of carbonyl (C=O) groups excluding carboxylic acids is 1. The van der Waals surface area contributed by atoms with Gasteiger partial charge in [-0.2, -0.15) is 0 Å². The van der Waals surface area contributed by atoms with E-state index in [-0.39, 0.29) is 5.91 Å². The number of aryl methyl sites for hydroxylation is 2. The van der Waals surface area contributed by atoms with E-state index >= 15 is 0 Å². The average molecular weight is 570 g/mol. The third-order valence-corrected chi connectivity index (χ3v) is 8.52. The predicted molar refractivity (Wildman–Crippen MR) is 167 cm³/mol. The van der Waals surface area contributed by atoms with E-state index in [0.717, 1.165) is 68.4 Å². The SMILES string of the molecule is C=CC(=O)N(C)c1ccc2c(c1)CCC(CN1CCN(c3ccc(C(=O)O)cc3)CC1)=C2c1ccc(Cl)cc1CC. The summed E-state index contributed by atoms with van der Waals surface area (Å²) < 4.78 is 0. The van der Waals surface area contributed by atoms with Gasteiger partial charge in [0, 0.05) is 56.2 Å². The van der Waals surface area contributed by atoms with Gasteiger partial charge in [0.2, 0.25) is 5.91 Å². The molecule has 0 spiro atoms. The molecule has 1 aliphatic carbocycles. The van der Waals surface area contributed by atoms with Crippen molar-refractivity contribution in [1.82, 2.24) is 4.90 Å². The number of nitrogens with zero attached hydrogens (tertiary/aromatic N) is 3. The molecule has 1 amide bonds. The number of anilines is 2. The van der Waals surface area contributed by atoms with Gasteiger partial charge in [-0.1, -0.05) is 37.2 Å². The Morgan fingerprint density at radius 2 is 1.68 bits per heavy atom. The van der Waals surface area contributed by atoms with Crippen LogP contribution in [0, 0.1) is 0 Å². The van der Waals surface area contributed by atoms with Gasteiger partial charge < -0.3 is 14.9 Å². The number of piperazine rings is 1. The molecule has 1 saturated heterocycles. The van der Waals surface area contributed by atoms with Crippen LogP contribution in [0.4, 0.5) is 11.4 Å². The van der Waals surface area contributed by atoms with E-state index in [1.165, 1.54) is 39.5 Å². The molecular weight excluding hydrogens is 534 g/mol. The van der Waals surface area contributed by atoms with Crippen molar-refractivity contribution in [2.45, 2.75) is 26.2 Å². The molecule has 1 fully saturated rings. The van der Waals surface area contributed by atoms with Gasteiger partial charge in [-0.25, -0.2) is 4.79 Å². The number of aromatic carboxylic acids is 1. The summed E-state index contributed by atoms with van der Waals surface area (Å²) in [6.07, 6.45) is 4.10. The maximum Gasteiger partial charge on any atom is 0.335 e. The van der Waals surface area contributed by atoms with Crippen LogP contribution < -0.4 is 9.80 Å². The van der Waals surface area contributed by atoms with Gasteiger partial charge in [0.25, 0.3) is 0 Å². The van der Waals surface area contributed by atoms with Crippen molar-refractivity contribution < 1.29 is 14.7 Å². The first-order valence-corrected chi connectivity index (χ1v) is 14.5. The fourth-order valence-electron chi connectivity index (χ4n) is 5.95. The highest BCUT2D eigenvalue weighted by Gasteiger charge is 2.26. The molecule has 6 nitrogen and oxygen atoms in total. The molecule has 2 aliphatic rings. The molecule has 0 aromatic heterocycles. The minimum absolute atomic E-state index is 0.125. The van der Waals surface area contributed by atoms with Crippen molar-refractivity contribution in [3.63, 3.8) is 0 Å². The molecule has 212 valence electrons. The first-order valence-electron chi connectivity index (χ1n) is 14.1. The topological polar surface area (TPSA) is 64.1 Å². The highest BCUT2D eigenvalue weighted by Crippen LogP contribution is 2.40. The van der Waals surface area contributed by atoms with Crippen molar-refractivity contribution >= 4 is 40.4 Å². The number of rotatable bonds is 8. The lowest BCUT2D eigenvalue weighted by Crippen LogP contribution is -2.47. The Kier molecular flexibility index (Phi) is 8.62. The summed E-state index contributed by atoms with van der Waals surface area (Å²) in [4.78, 5) is 30.0. The number of carbonyl (C=O) groups is 2. The lowest BCUT2D eigenvalue weighted by Gasteiger charge is -2.37. The van der Waals surface area contributed by atoms with Crippen LogP contribution in [0.15, 0.2) is 78.9 Å². The first-order chi connectivity index (χ1) is 19.8. The van der Waals surface area contributed by atoms with Crippen LogP contribution in [-0.4, -0.2) is 61.7 Å². The second kappa shape index (κ2) is 12.3. The highest BCUT2D eigenvalue weighted by molar-refractivity contribution is 6.30. The summed E-state index contributed by atoms with van der Waals surface area (Å²) in [6, 6.07) is 19.7. The van der Waals surface area contributed by atoms with E-state index in [0.29, 0.717) is 5.56 Å². The van der Waals surface area contributed by atoms with E-state index in [1.54, 1.807) is 24.1 Å². The van der Waals surface area contributed by atoms with Crippen LogP contribution in [0.2, 0.25) is 5.02 Å². The first kappa shape index (κ1) is 28.7. The summed E-state index contributed by atoms with van der Waals surface area (Å²) in [7, 11) is 1.78. The Balaban J connectivity index is 1.43. The van der Waals surface area contributed by atoms with Gasteiger partial charge in [-0.05, 0) is 107 Å². The zero-order valence-corrected chi connectivity index (χ0v) is 24.5. The van der Waals surface area contributed by atoms with Gasteiger partial charge in [0.15, 0.2) is 0 Å². The van der Waals surface area contributed by atoms with Crippen molar-refractivity contribution in [3.05, 3.63) is 112 Å². The fraction of sp³-hybridized carbons (Fsp3) is 0.294. The van der Waals surface area contributed by atoms with E-state index in [9.17, 15) is 14.7 Å². The zero-order chi connectivity index (χ0) is 29.1. The van der Waals surface area contributed by atoms with Crippen LogP contribution in [0.1, 0.15) is 46.0 Å². The van der Waals surface area contributed by atoms with Gasteiger partial charge in [-0.15, -0.1) is 0 Å². The molecule has 0 atom stereocenters. The summed E-state index contributed by atoms with van der Waals surface area (Å²) in [5, 5.41) is 9.95. The molecule has 0 bridgehead atoms. The maximum atomic E-state index is 12.3. The largest absolute Gasteiger partial charge is 0.478 e. The average Bonchev–Trinajstić information content (AvgIpc) is 3.00. The van der Waals surface area contributed by atoms with Gasteiger partial charge in [0.1, 0.15) is 0 Å². The normalized spacial score (nSPS) is 15.4. The number of benzene rings is 3. The number of likely N-dealkylation sites (N-methyl/N-ethyl adjacent to an activating group) is 1.